The number of benzene rings is 1. The molecule has 1 N–H and O–H groups in total. The molecule has 0 saturated heterocycles. The second-order valence-corrected chi connectivity index (χ2v) is 6.27. The van der Waals surface area contributed by atoms with Crippen LogP contribution in [-0.4, -0.2) is 51.3 Å². The van der Waals surface area contributed by atoms with E-state index in [4.69, 9.17) is 16.3 Å². The van der Waals surface area contributed by atoms with Gasteiger partial charge >= 0.3 is 0 Å². The van der Waals surface area contributed by atoms with Crippen molar-refractivity contribution in [3.63, 3.8) is 0 Å². The highest BCUT2D eigenvalue weighted by atomic mass is 35.5. The van der Waals surface area contributed by atoms with Crippen LogP contribution in [0.1, 0.15) is 18.4 Å². The summed E-state index contributed by atoms with van der Waals surface area (Å²) in [4.78, 5) is 6.25. The second kappa shape index (κ2) is 9.08. The van der Waals surface area contributed by atoms with Gasteiger partial charge in [-0.3, -0.25) is 4.99 Å². The van der Waals surface area contributed by atoms with Gasteiger partial charge in [-0.1, -0.05) is 17.7 Å². The molecule has 6 heteroatoms. The molecular weight excluding hydrogens is 317 g/mol. The largest absolute Gasteiger partial charge is 0.379 e. The number of halogens is 2. The summed E-state index contributed by atoms with van der Waals surface area (Å²) in [7, 11) is 3.70. The van der Waals surface area contributed by atoms with Crippen molar-refractivity contribution >= 4 is 17.6 Å². The number of nitrogens with zero attached hydrogens (tertiary/aromatic N) is 2. The van der Waals surface area contributed by atoms with E-state index >= 15 is 0 Å². The Kier molecular flexibility index (Phi) is 7.12. The molecule has 128 valence electrons. The molecule has 1 saturated carbocycles. The van der Waals surface area contributed by atoms with Gasteiger partial charge in [-0.05, 0) is 37.3 Å². The summed E-state index contributed by atoms with van der Waals surface area (Å²) in [6.45, 7) is 2.89. The summed E-state index contributed by atoms with van der Waals surface area (Å²) in [5.41, 5.74) is 0.535. The standard InChI is InChI=1S/C17H25ClFN3O/c1-20-17(22(2)10-11-23-12-13-6-7-13)21-9-8-14-15(18)4-3-5-16(14)19/h3-5,13H,6-12H2,1-2H3,(H,20,21). The van der Waals surface area contributed by atoms with Crippen molar-refractivity contribution < 1.29 is 9.13 Å². The number of ether oxygens (including phenoxy) is 1. The third kappa shape index (κ3) is 5.99. The first-order valence-electron chi connectivity index (χ1n) is 8.04. The molecule has 1 aliphatic carbocycles. The maximum absolute atomic E-state index is 13.7. The Morgan fingerprint density at radius 3 is 2.91 bits per heavy atom. The van der Waals surface area contributed by atoms with E-state index in [1.165, 1.54) is 18.9 Å². The summed E-state index contributed by atoms with van der Waals surface area (Å²) < 4.78 is 19.4. The topological polar surface area (TPSA) is 36.9 Å². The smallest absolute Gasteiger partial charge is 0.193 e. The van der Waals surface area contributed by atoms with Gasteiger partial charge in [-0.15, -0.1) is 0 Å². The summed E-state index contributed by atoms with van der Waals surface area (Å²) in [6.07, 6.45) is 3.12. The molecule has 1 aromatic carbocycles. The number of nitrogens with one attached hydrogen (secondary N) is 1. The molecule has 0 radical (unpaired) electrons. The van der Waals surface area contributed by atoms with Crippen molar-refractivity contribution in [1.82, 2.24) is 10.2 Å². The van der Waals surface area contributed by atoms with Crippen LogP contribution < -0.4 is 5.32 Å². The van der Waals surface area contributed by atoms with E-state index in [0.717, 1.165) is 25.0 Å². The first kappa shape index (κ1) is 18.0. The molecule has 0 spiro atoms. The van der Waals surface area contributed by atoms with E-state index in [-0.39, 0.29) is 5.82 Å². The zero-order valence-corrected chi connectivity index (χ0v) is 14.6. The molecule has 0 unspecified atom stereocenters. The summed E-state index contributed by atoms with van der Waals surface area (Å²) in [5.74, 6) is 1.28. The molecule has 0 amide bonds. The fraction of sp³-hybridized carbons (Fsp3) is 0.588. The van der Waals surface area contributed by atoms with E-state index in [1.54, 1.807) is 19.2 Å². The zero-order valence-electron chi connectivity index (χ0n) is 13.8. The molecule has 0 aromatic heterocycles. The average Bonchev–Trinajstić information content (AvgIpc) is 3.34. The second-order valence-electron chi connectivity index (χ2n) is 5.86. The minimum atomic E-state index is -0.267. The van der Waals surface area contributed by atoms with E-state index in [0.29, 0.717) is 30.2 Å². The maximum atomic E-state index is 13.7. The molecule has 23 heavy (non-hydrogen) atoms. The van der Waals surface area contributed by atoms with Crippen molar-refractivity contribution in [3.05, 3.63) is 34.6 Å². The van der Waals surface area contributed by atoms with Gasteiger partial charge < -0.3 is 15.0 Å². The van der Waals surface area contributed by atoms with Crippen molar-refractivity contribution in [2.24, 2.45) is 10.9 Å². The molecule has 1 fully saturated rings. The Balaban J connectivity index is 1.71. The summed E-state index contributed by atoms with van der Waals surface area (Å²) in [6, 6.07) is 4.75. The SMILES string of the molecule is CN=C(NCCc1c(F)cccc1Cl)N(C)CCOCC1CC1. The highest BCUT2D eigenvalue weighted by molar-refractivity contribution is 6.31. The molecule has 0 aliphatic heterocycles. The van der Waals surface area contributed by atoms with E-state index < -0.39 is 0 Å². The van der Waals surface area contributed by atoms with Gasteiger partial charge in [0.1, 0.15) is 5.82 Å². The highest BCUT2D eigenvalue weighted by Crippen LogP contribution is 2.28. The van der Waals surface area contributed by atoms with Crippen molar-refractivity contribution in [2.75, 3.05) is 40.4 Å². The lowest BCUT2D eigenvalue weighted by Gasteiger charge is -2.22. The Labute approximate surface area is 142 Å². The minimum Gasteiger partial charge on any atom is -0.379 e. The monoisotopic (exact) mass is 341 g/mol. The number of guanidine groups is 1. The third-order valence-electron chi connectivity index (χ3n) is 3.91. The molecule has 0 heterocycles. The Morgan fingerprint density at radius 1 is 1.48 bits per heavy atom. The van der Waals surface area contributed by atoms with Crippen LogP contribution in [-0.2, 0) is 11.2 Å². The molecular formula is C17H25ClFN3O. The molecule has 2 rings (SSSR count). The lowest BCUT2D eigenvalue weighted by molar-refractivity contribution is 0.115. The number of likely N-dealkylation sites (N-methyl/N-ethyl adjacent to an activating group) is 1. The molecule has 0 bridgehead atoms. The number of aliphatic imine (C=N–C) groups is 1. The number of hydrogen-bond donors (Lipinski definition) is 1. The Bertz CT molecular complexity index is 514. The van der Waals surface area contributed by atoms with E-state index in [2.05, 4.69) is 10.3 Å². The van der Waals surface area contributed by atoms with Gasteiger partial charge in [0.15, 0.2) is 5.96 Å². The predicted molar refractivity (Wildman–Crippen MR) is 92.6 cm³/mol. The fourth-order valence-corrected chi connectivity index (χ4v) is 2.55. The van der Waals surface area contributed by atoms with Crippen LogP contribution in [0.2, 0.25) is 5.02 Å². The first-order valence-corrected chi connectivity index (χ1v) is 8.42. The van der Waals surface area contributed by atoms with Gasteiger partial charge in [0.2, 0.25) is 0 Å². The van der Waals surface area contributed by atoms with Crippen molar-refractivity contribution in [3.8, 4) is 0 Å². The van der Waals surface area contributed by atoms with Gasteiger partial charge in [-0.2, -0.15) is 0 Å². The van der Waals surface area contributed by atoms with Gasteiger partial charge in [0.25, 0.3) is 0 Å². The van der Waals surface area contributed by atoms with Crippen LogP contribution in [0, 0.1) is 11.7 Å². The molecule has 1 aliphatic rings. The predicted octanol–water partition coefficient (Wildman–Crippen LogP) is 2.96. The first-order chi connectivity index (χ1) is 11.1. The average molecular weight is 342 g/mol. The van der Waals surface area contributed by atoms with Crippen molar-refractivity contribution in [1.29, 1.82) is 0 Å². The van der Waals surface area contributed by atoms with Crippen molar-refractivity contribution in [2.45, 2.75) is 19.3 Å². The van der Waals surface area contributed by atoms with E-state index in [9.17, 15) is 4.39 Å². The van der Waals surface area contributed by atoms with Crippen LogP contribution in [0.25, 0.3) is 0 Å². The lowest BCUT2D eigenvalue weighted by atomic mass is 10.1. The Hall–Kier alpha value is -1.33. The molecule has 1 aromatic rings. The number of rotatable bonds is 8. The van der Waals surface area contributed by atoms with Crippen LogP contribution in [0.4, 0.5) is 4.39 Å². The van der Waals surface area contributed by atoms with Gasteiger partial charge in [-0.25, -0.2) is 4.39 Å². The van der Waals surface area contributed by atoms with Crippen LogP contribution >= 0.6 is 11.6 Å². The highest BCUT2D eigenvalue weighted by Gasteiger charge is 2.21. The summed E-state index contributed by atoms with van der Waals surface area (Å²) >= 11 is 6.03. The molecule has 0 atom stereocenters. The Morgan fingerprint density at radius 2 is 2.26 bits per heavy atom. The van der Waals surface area contributed by atoms with Crippen LogP contribution in [0.5, 0.6) is 0 Å². The van der Waals surface area contributed by atoms with E-state index in [1.807, 2.05) is 11.9 Å². The molecule has 4 nitrogen and oxygen atoms in total. The normalized spacial score (nSPS) is 14.9. The third-order valence-corrected chi connectivity index (χ3v) is 4.27. The summed E-state index contributed by atoms with van der Waals surface area (Å²) in [5, 5.41) is 3.69. The van der Waals surface area contributed by atoms with Crippen LogP contribution in [0.3, 0.4) is 0 Å². The fourth-order valence-electron chi connectivity index (χ4n) is 2.30. The zero-order chi connectivity index (χ0) is 16.7. The maximum Gasteiger partial charge on any atom is 0.193 e. The minimum absolute atomic E-state index is 0.267. The lowest BCUT2D eigenvalue weighted by Crippen LogP contribution is -2.41. The number of hydrogen-bond acceptors (Lipinski definition) is 2. The quantitative estimate of drug-likeness (QED) is 0.449. The van der Waals surface area contributed by atoms with Gasteiger partial charge in [0, 0.05) is 44.4 Å². The van der Waals surface area contributed by atoms with Gasteiger partial charge in [0.05, 0.1) is 6.61 Å². The van der Waals surface area contributed by atoms with Crippen LogP contribution in [0.15, 0.2) is 23.2 Å².